The summed E-state index contributed by atoms with van der Waals surface area (Å²) in [5.74, 6) is 0.551. The second-order valence-corrected chi connectivity index (χ2v) is 9.61. The lowest BCUT2D eigenvalue weighted by Crippen LogP contribution is -2.54. The number of carbonyl (C=O) groups excluding carboxylic acids is 2. The van der Waals surface area contributed by atoms with Crippen molar-refractivity contribution >= 4 is 12.2 Å². The predicted molar refractivity (Wildman–Crippen MR) is 120 cm³/mol. The molecular formula is C24H37N3O4. The topological polar surface area (TPSA) is 62.3 Å². The van der Waals surface area contributed by atoms with Crippen LogP contribution >= 0.6 is 0 Å². The van der Waals surface area contributed by atoms with Gasteiger partial charge in [-0.3, -0.25) is 4.90 Å². The molecule has 1 aromatic rings. The standard InChI is InChI=1S/C24H37N3O4/c1-19(21-10-12-26(13-11-21)23(29)31-24(2,3)4)25-14-16-27(17-15-25)22(28)30-18-20-8-6-5-7-9-20/h5-9,19,21H,10-18H2,1-4H3/t19-/m0/s1. The smallest absolute Gasteiger partial charge is 0.410 e. The molecule has 0 aliphatic carbocycles. The summed E-state index contributed by atoms with van der Waals surface area (Å²) in [6.07, 6.45) is 1.53. The number of piperazine rings is 1. The Morgan fingerprint density at radius 3 is 2.10 bits per heavy atom. The second-order valence-electron chi connectivity index (χ2n) is 9.61. The minimum atomic E-state index is -0.455. The largest absolute Gasteiger partial charge is 0.445 e. The molecule has 2 saturated heterocycles. The van der Waals surface area contributed by atoms with Gasteiger partial charge in [-0.15, -0.1) is 0 Å². The van der Waals surface area contributed by atoms with Gasteiger partial charge in [-0.2, -0.15) is 0 Å². The second kappa shape index (κ2) is 10.4. The van der Waals surface area contributed by atoms with Gasteiger partial charge in [0.25, 0.3) is 0 Å². The van der Waals surface area contributed by atoms with Crippen LogP contribution in [0.15, 0.2) is 30.3 Å². The van der Waals surface area contributed by atoms with E-state index in [1.165, 1.54) is 0 Å². The van der Waals surface area contributed by atoms with E-state index < -0.39 is 5.60 Å². The Labute approximate surface area is 186 Å². The van der Waals surface area contributed by atoms with Crippen molar-refractivity contribution in [2.75, 3.05) is 39.3 Å². The van der Waals surface area contributed by atoms with E-state index in [-0.39, 0.29) is 12.2 Å². The van der Waals surface area contributed by atoms with E-state index in [4.69, 9.17) is 9.47 Å². The van der Waals surface area contributed by atoms with Crippen LogP contribution in [0.3, 0.4) is 0 Å². The molecule has 2 amide bonds. The summed E-state index contributed by atoms with van der Waals surface area (Å²) < 4.78 is 11.0. The van der Waals surface area contributed by atoms with Gasteiger partial charge >= 0.3 is 12.2 Å². The van der Waals surface area contributed by atoms with Gasteiger partial charge in [-0.25, -0.2) is 9.59 Å². The van der Waals surface area contributed by atoms with E-state index in [0.29, 0.717) is 31.7 Å². The van der Waals surface area contributed by atoms with Crippen molar-refractivity contribution in [1.82, 2.24) is 14.7 Å². The predicted octanol–water partition coefficient (Wildman–Crippen LogP) is 3.98. The van der Waals surface area contributed by atoms with Crippen LogP contribution in [0.5, 0.6) is 0 Å². The Balaban J connectivity index is 1.39. The van der Waals surface area contributed by atoms with Crippen LogP contribution in [0.25, 0.3) is 0 Å². The summed E-state index contributed by atoms with van der Waals surface area (Å²) >= 11 is 0. The van der Waals surface area contributed by atoms with Gasteiger partial charge < -0.3 is 19.3 Å². The van der Waals surface area contributed by atoms with Crippen molar-refractivity contribution in [1.29, 1.82) is 0 Å². The maximum absolute atomic E-state index is 12.4. The van der Waals surface area contributed by atoms with Crippen molar-refractivity contribution in [2.45, 2.75) is 58.8 Å². The highest BCUT2D eigenvalue weighted by molar-refractivity contribution is 5.68. The molecule has 1 atom stereocenters. The molecule has 2 aliphatic rings. The molecule has 0 radical (unpaired) electrons. The quantitative estimate of drug-likeness (QED) is 0.722. The zero-order valence-corrected chi connectivity index (χ0v) is 19.4. The first kappa shape index (κ1) is 23.4. The molecule has 3 rings (SSSR count). The molecule has 0 spiro atoms. The third-order valence-corrected chi connectivity index (χ3v) is 6.23. The van der Waals surface area contributed by atoms with Crippen LogP contribution in [-0.2, 0) is 16.1 Å². The summed E-state index contributed by atoms with van der Waals surface area (Å²) in [5.41, 5.74) is 0.546. The number of ether oxygens (including phenoxy) is 2. The van der Waals surface area contributed by atoms with E-state index in [9.17, 15) is 9.59 Å². The average molecular weight is 432 g/mol. The molecule has 1 aromatic carbocycles. The summed E-state index contributed by atoms with van der Waals surface area (Å²) in [7, 11) is 0. The fraction of sp³-hybridized carbons (Fsp3) is 0.667. The highest BCUT2D eigenvalue weighted by Crippen LogP contribution is 2.26. The SMILES string of the molecule is C[C@@H](C1CCN(C(=O)OC(C)(C)C)CC1)N1CCN(C(=O)OCc2ccccc2)CC1. The lowest BCUT2D eigenvalue weighted by Gasteiger charge is -2.43. The molecule has 0 N–H and O–H groups in total. The number of likely N-dealkylation sites (tertiary alicyclic amines) is 1. The van der Waals surface area contributed by atoms with Gasteiger partial charge in [0.05, 0.1) is 0 Å². The molecule has 0 saturated carbocycles. The Hall–Kier alpha value is -2.28. The molecule has 0 aromatic heterocycles. The molecule has 2 heterocycles. The molecule has 31 heavy (non-hydrogen) atoms. The zero-order chi connectivity index (χ0) is 22.4. The molecule has 7 nitrogen and oxygen atoms in total. The van der Waals surface area contributed by atoms with Crippen LogP contribution < -0.4 is 0 Å². The Kier molecular flexibility index (Phi) is 7.81. The Morgan fingerprint density at radius 2 is 1.52 bits per heavy atom. The van der Waals surface area contributed by atoms with E-state index in [2.05, 4.69) is 11.8 Å². The fourth-order valence-electron chi connectivity index (χ4n) is 4.31. The van der Waals surface area contributed by atoms with E-state index in [0.717, 1.165) is 44.6 Å². The maximum atomic E-state index is 12.4. The van der Waals surface area contributed by atoms with Crippen molar-refractivity contribution < 1.29 is 19.1 Å². The first-order valence-electron chi connectivity index (χ1n) is 11.4. The summed E-state index contributed by atoms with van der Waals surface area (Å²) in [4.78, 5) is 30.8. The summed E-state index contributed by atoms with van der Waals surface area (Å²) in [6, 6.07) is 10.2. The highest BCUT2D eigenvalue weighted by Gasteiger charge is 2.33. The number of carbonyl (C=O) groups is 2. The van der Waals surface area contributed by atoms with Crippen LogP contribution in [0.4, 0.5) is 9.59 Å². The minimum absolute atomic E-state index is 0.207. The lowest BCUT2D eigenvalue weighted by atomic mass is 9.89. The monoisotopic (exact) mass is 431 g/mol. The number of rotatable bonds is 4. The Bertz CT molecular complexity index is 718. The van der Waals surface area contributed by atoms with Gasteiger partial charge in [0.1, 0.15) is 12.2 Å². The van der Waals surface area contributed by atoms with Crippen molar-refractivity contribution in [3.05, 3.63) is 35.9 Å². The molecule has 172 valence electrons. The van der Waals surface area contributed by atoms with E-state index in [1.807, 2.05) is 56.0 Å². The summed E-state index contributed by atoms with van der Waals surface area (Å²) in [5, 5.41) is 0. The first-order chi connectivity index (χ1) is 14.7. The molecule has 2 fully saturated rings. The molecule has 0 bridgehead atoms. The van der Waals surface area contributed by atoms with Crippen molar-refractivity contribution in [2.24, 2.45) is 5.92 Å². The van der Waals surface area contributed by atoms with Crippen molar-refractivity contribution in [3.8, 4) is 0 Å². The third kappa shape index (κ3) is 6.86. The number of amides is 2. The summed E-state index contributed by atoms with van der Waals surface area (Å²) in [6.45, 7) is 12.9. The minimum Gasteiger partial charge on any atom is -0.445 e. The van der Waals surface area contributed by atoms with Crippen LogP contribution in [-0.4, -0.2) is 77.8 Å². The Morgan fingerprint density at radius 1 is 0.935 bits per heavy atom. The maximum Gasteiger partial charge on any atom is 0.410 e. The van der Waals surface area contributed by atoms with E-state index in [1.54, 1.807) is 4.90 Å². The van der Waals surface area contributed by atoms with Crippen molar-refractivity contribution in [3.63, 3.8) is 0 Å². The van der Waals surface area contributed by atoms with Crippen LogP contribution in [0.2, 0.25) is 0 Å². The normalized spacial score (nSPS) is 19.7. The van der Waals surface area contributed by atoms with Gasteiger partial charge in [-0.1, -0.05) is 30.3 Å². The third-order valence-electron chi connectivity index (χ3n) is 6.23. The molecule has 2 aliphatic heterocycles. The van der Waals surface area contributed by atoms with Gasteiger partial charge in [-0.05, 0) is 52.0 Å². The number of hydrogen-bond donors (Lipinski definition) is 0. The lowest BCUT2D eigenvalue weighted by molar-refractivity contribution is 0.01000. The van der Waals surface area contributed by atoms with Crippen LogP contribution in [0.1, 0.15) is 46.1 Å². The van der Waals surface area contributed by atoms with Gasteiger partial charge in [0, 0.05) is 45.3 Å². The van der Waals surface area contributed by atoms with Gasteiger partial charge in [0.15, 0.2) is 0 Å². The van der Waals surface area contributed by atoms with E-state index >= 15 is 0 Å². The average Bonchev–Trinajstić information content (AvgIpc) is 2.77. The van der Waals surface area contributed by atoms with Crippen LogP contribution in [0, 0.1) is 5.92 Å². The molecule has 7 heteroatoms. The number of hydrogen-bond acceptors (Lipinski definition) is 5. The zero-order valence-electron chi connectivity index (χ0n) is 19.4. The first-order valence-corrected chi connectivity index (χ1v) is 11.4. The highest BCUT2D eigenvalue weighted by atomic mass is 16.6. The number of benzene rings is 1. The molecular weight excluding hydrogens is 394 g/mol. The molecule has 0 unspecified atom stereocenters. The fourth-order valence-corrected chi connectivity index (χ4v) is 4.31. The van der Waals surface area contributed by atoms with Gasteiger partial charge in [0.2, 0.25) is 0 Å². The number of nitrogens with zero attached hydrogens (tertiary/aromatic N) is 3. The number of piperidine rings is 1.